The highest BCUT2D eigenvalue weighted by molar-refractivity contribution is 5.94. The van der Waals surface area contributed by atoms with Crippen molar-refractivity contribution in [2.24, 2.45) is 0 Å². The number of hydrogen-bond donors (Lipinski definition) is 2. The number of benzene rings is 1. The van der Waals surface area contributed by atoms with Crippen LogP contribution in [0.2, 0.25) is 0 Å². The molecule has 0 radical (unpaired) electrons. The van der Waals surface area contributed by atoms with Gasteiger partial charge in [-0.3, -0.25) is 4.79 Å². The number of amides is 1. The van der Waals surface area contributed by atoms with Crippen LogP contribution < -0.4 is 5.32 Å². The van der Waals surface area contributed by atoms with E-state index in [0.717, 1.165) is 0 Å². The first-order valence-corrected chi connectivity index (χ1v) is 6.23. The van der Waals surface area contributed by atoms with Crippen molar-refractivity contribution in [3.8, 4) is 5.75 Å². The lowest BCUT2D eigenvalue weighted by molar-refractivity contribution is 0.0950. The SMILES string of the molecule is O=C(NCc1cn2cccc(O)c2n1)c1ccccc1. The molecule has 0 unspecified atom stereocenters. The number of pyridine rings is 1. The monoisotopic (exact) mass is 267 g/mol. The number of carbonyl (C=O) groups is 1. The highest BCUT2D eigenvalue weighted by Gasteiger charge is 2.08. The van der Waals surface area contributed by atoms with E-state index >= 15 is 0 Å². The fourth-order valence-corrected chi connectivity index (χ4v) is 2.00. The molecule has 5 nitrogen and oxygen atoms in total. The van der Waals surface area contributed by atoms with Crippen molar-refractivity contribution in [1.82, 2.24) is 14.7 Å². The topological polar surface area (TPSA) is 66.6 Å². The Morgan fingerprint density at radius 1 is 1.20 bits per heavy atom. The molecule has 3 rings (SSSR count). The first-order chi connectivity index (χ1) is 9.74. The van der Waals surface area contributed by atoms with Crippen molar-refractivity contribution >= 4 is 11.6 Å². The largest absolute Gasteiger partial charge is 0.504 e. The average Bonchev–Trinajstić information content (AvgIpc) is 2.90. The number of aromatic hydroxyl groups is 1. The Morgan fingerprint density at radius 2 is 2.00 bits per heavy atom. The van der Waals surface area contributed by atoms with Gasteiger partial charge in [-0.2, -0.15) is 0 Å². The third kappa shape index (κ3) is 2.33. The van der Waals surface area contributed by atoms with Gasteiger partial charge < -0.3 is 14.8 Å². The van der Waals surface area contributed by atoms with E-state index in [-0.39, 0.29) is 11.7 Å². The summed E-state index contributed by atoms with van der Waals surface area (Å²) >= 11 is 0. The molecule has 5 heteroatoms. The van der Waals surface area contributed by atoms with Crippen LogP contribution in [0.3, 0.4) is 0 Å². The van der Waals surface area contributed by atoms with Crippen molar-refractivity contribution < 1.29 is 9.90 Å². The van der Waals surface area contributed by atoms with Gasteiger partial charge in [0.2, 0.25) is 0 Å². The number of carbonyl (C=O) groups excluding carboxylic acids is 1. The maximum atomic E-state index is 11.9. The van der Waals surface area contributed by atoms with E-state index in [1.807, 2.05) is 18.2 Å². The number of fused-ring (bicyclic) bond motifs is 1. The molecule has 100 valence electrons. The molecule has 3 aromatic rings. The first-order valence-electron chi connectivity index (χ1n) is 6.23. The van der Waals surface area contributed by atoms with Gasteiger partial charge in [-0.15, -0.1) is 0 Å². The Labute approximate surface area is 115 Å². The molecule has 0 aliphatic rings. The van der Waals surface area contributed by atoms with Crippen LogP contribution in [0, 0.1) is 0 Å². The zero-order valence-corrected chi connectivity index (χ0v) is 10.7. The summed E-state index contributed by atoms with van der Waals surface area (Å²) < 4.78 is 1.72. The van der Waals surface area contributed by atoms with Gasteiger partial charge in [0.15, 0.2) is 11.4 Å². The number of nitrogens with one attached hydrogen (secondary N) is 1. The zero-order chi connectivity index (χ0) is 13.9. The Hall–Kier alpha value is -2.82. The van der Waals surface area contributed by atoms with E-state index in [2.05, 4.69) is 10.3 Å². The quantitative estimate of drug-likeness (QED) is 0.762. The Bertz CT molecular complexity index is 750. The van der Waals surface area contributed by atoms with Crippen LogP contribution in [-0.4, -0.2) is 20.4 Å². The van der Waals surface area contributed by atoms with Gasteiger partial charge in [0.05, 0.1) is 12.2 Å². The lowest BCUT2D eigenvalue weighted by Gasteiger charge is -2.02. The molecule has 0 aliphatic heterocycles. The molecule has 0 spiro atoms. The smallest absolute Gasteiger partial charge is 0.251 e. The summed E-state index contributed by atoms with van der Waals surface area (Å²) in [4.78, 5) is 16.2. The third-order valence-electron chi connectivity index (χ3n) is 2.98. The third-order valence-corrected chi connectivity index (χ3v) is 2.98. The predicted molar refractivity (Wildman–Crippen MR) is 74.5 cm³/mol. The van der Waals surface area contributed by atoms with Crippen LogP contribution in [0.15, 0.2) is 54.9 Å². The molecule has 0 bridgehead atoms. The molecule has 0 aliphatic carbocycles. The number of aromatic nitrogens is 2. The Morgan fingerprint density at radius 3 is 2.75 bits per heavy atom. The van der Waals surface area contributed by atoms with Crippen molar-refractivity contribution in [2.75, 3.05) is 0 Å². The molecule has 0 atom stereocenters. The van der Waals surface area contributed by atoms with Crippen molar-refractivity contribution in [1.29, 1.82) is 0 Å². The van der Waals surface area contributed by atoms with E-state index in [4.69, 9.17) is 0 Å². The number of imidazole rings is 1. The number of rotatable bonds is 3. The van der Waals surface area contributed by atoms with Gasteiger partial charge in [-0.25, -0.2) is 4.98 Å². The van der Waals surface area contributed by atoms with Gasteiger partial charge in [-0.05, 0) is 24.3 Å². The maximum Gasteiger partial charge on any atom is 0.251 e. The second-order valence-electron chi connectivity index (χ2n) is 4.41. The standard InChI is InChI=1S/C15H13N3O2/c19-13-7-4-8-18-10-12(17-14(13)18)9-16-15(20)11-5-2-1-3-6-11/h1-8,10,19H,9H2,(H,16,20). The molecule has 1 aromatic carbocycles. The van der Waals surface area contributed by atoms with Crippen molar-refractivity contribution in [3.05, 3.63) is 66.1 Å². The lowest BCUT2D eigenvalue weighted by Crippen LogP contribution is -2.22. The van der Waals surface area contributed by atoms with Gasteiger partial charge in [-0.1, -0.05) is 18.2 Å². The molecule has 1 amide bonds. The van der Waals surface area contributed by atoms with E-state index < -0.39 is 0 Å². The molecular weight excluding hydrogens is 254 g/mol. The van der Waals surface area contributed by atoms with Crippen LogP contribution in [0.5, 0.6) is 5.75 Å². The fraction of sp³-hybridized carbons (Fsp3) is 0.0667. The number of hydrogen-bond acceptors (Lipinski definition) is 3. The second kappa shape index (κ2) is 5.05. The summed E-state index contributed by atoms with van der Waals surface area (Å²) in [5, 5.41) is 12.5. The summed E-state index contributed by atoms with van der Waals surface area (Å²) in [7, 11) is 0. The van der Waals surface area contributed by atoms with Crippen molar-refractivity contribution in [2.45, 2.75) is 6.54 Å². The second-order valence-corrected chi connectivity index (χ2v) is 4.41. The molecule has 0 saturated carbocycles. The minimum atomic E-state index is -0.146. The van der Waals surface area contributed by atoms with E-state index in [1.54, 1.807) is 41.1 Å². The average molecular weight is 267 g/mol. The molecule has 2 N–H and O–H groups in total. The van der Waals surface area contributed by atoms with Gasteiger partial charge in [0, 0.05) is 18.0 Å². The van der Waals surface area contributed by atoms with Crippen LogP contribution in [0.25, 0.3) is 5.65 Å². The summed E-state index contributed by atoms with van der Waals surface area (Å²) in [5.74, 6) is -0.0278. The normalized spacial score (nSPS) is 10.6. The van der Waals surface area contributed by atoms with Crippen LogP contribution in [0.4, 0.5) is 0 Å². The Balaban J connectivity index is 1.74. The lowest BCUT2D eigenvalue weighted by atomic mass is 10.2. The number of nitrogens with zero attached hydrogens (tertiary/aromatic N) is 2. The van der Waals surface area contributed by atoms with Crippen LogP contribution in [0.1, 0.15) is 16.1 Å². The van der Waals surface area contributed by atoms with Crippen molar-refractivity contribution in [3.63, 3.8) is 0 Å². The van der Waals surface area contributed by atoms with E-state index in [0.29, 0.717) is 23.4 Å². The fourth-order valence-electron chi connectivity index (χ4n) is 2.00. The minimum absolute atomic E-state index is 0.119. The minimum Gasteiger partial charge on any atom is -0.504 e. The molecule has 2 aromatic heterocycles. The molecular formula is C15H13N3O2. The van der Waals surface area contributed by atoms with E-state index in [9.17, 15) is 9.90 Å². The summed E-state index contributed by atoms with van der Waals surface area (Å²) in [5.41, 5.74) is 1.78. The summed E-state index contributed by atoms with van der Waals surface area (Å²) in [6, 6.07) is 12.3. The van der Waals surface area contributed by atoms with Crippen LogP contribution in [-0.2, 0) is 6.54 Å². The molecule has 2 heterocycles. The van der Waals surface area contributed by atoms with E-state index in [1.165, 1.54) is 0 Å². The maximum absolute atomic E-state index is 11.9. The van der Waals surface area contributed by atoms with Gasteiger partial charge in [0.1, 0.15) is 0 Å². The first kappa shape index (κ1) is 12.2. The Kier molecular flexibility index (Phi) is 3.09. The molecule has 20 heavy (non-hydrogen) atoms. The predicted octanol–water partition coefficient (Wildman–Crippen LogP) is 1.97. The highest BCUT2D eigenvalue weighted by atomic mass is 16.3. The summed E-state index contributed by atoms with van der Waals surface area (Å²) in [6.45, 7) is 0.314. The summed E-state index contributed by atoms with van der Waals surface area (Å²) in [6.07, 6.45) is 3.57. The van der Waals surface area contributed by atoms with Gasteiger partial charge in [0.25, 0.3) is 5.91 Å². The van der Waals surface area contributed by atoms with Gasteiger partial charge >= 0.3 is 0 Å². The molecule has 0 fully saturated rings. The van der Waals surface area contributed by atoms with Crippen LogP contribution >= 0.6 is 0 Å². The zero-order valence-electron chi connectivity index (χ0n) is 10.7. The highest BCUT2D eigenvalue weighted by Crippen LogP contribution is 2.16. The molecule has 0 saturated heterocycles.